The number of hydrogen-bond donors (Lipinski definition) is 1. The van der Waals surface area contributed by atoms with Crippen LogP contribution in [0.4, 0.5) is 0 Å². The highest BCUT2D eigenvalue weighted by atomic mass is 15.0. The Kier molecular flexibility index (Phi) is 3.39. The molecule has 0 bridgehead atoms. The summed E-state index contributed by atoms with van der Waals surface area (Å²) in [6.45, 7) is 8.86. The van der Waals surface area contributed by atoms with Crippen LogP contribution in [0, 0.1) is 20.8 Å². The molecule has 20 heavy (non-hydrogen) atoms. The van der Waals surface area contributed by atoms with Gasteiger partial charge in [0.25, 0.3) is 0 Å². The second-order valence-electron chi connectivity index (χ2n) is 6.30. The van der Waals surface area contributed by atoms with E-state index in [1.165, 1.54) is 27.8 Å². The van der Waals surface area contributed by atoms with Crippen LogP contribution in [-0.4, -0.2) is 13.1 Å². The maximum Gasteiger partial charge on any atom is 0.0243 e. The molecule has 0 unspecified atom stereocenters. The molecular weight excluding hydrogens is 242 g/mol. The van der Waals surface area contributed by atoms with Gasteiger partial charge in [0, 0.05) is 18.5 Å². The van der Waals surface area contributed by atoms with Crippen LogP contribution < -0.4 is 5.32 Å². The number of nitrogens with one attached hydrogen (secondary N) is 1. The Balaban J connectivity index is 1.97. The minimum atomic E-state index is 0.284. The summed E-state index contributed by atoms with van der Waals surface area (Å²) >= 11 is 0. The Morgan fingerprint density at radius 1 is 0.950 bits per heavy atom. The molecule has 0 amide bonds. The van der Waals surface area contributed by atoms with Gasteiger partial charge in [0.2, 0.25) is 0 Å². The zero-order chi connectivity index (χ0) is 14.2. The second-order valence-corrected chi connectivity index (χ2v) is 6.30. The van der Waals surface area contributed by atoms with Crippen molar-refractivity contribution in [3.05, 3.63) is 70.3 Å². The van der Waals surface area contributed by atoms with Crippen LogP contribution in [0.1, 0.15) is 27.8 Å². The molecule has 0 atom stereocenters. The first-order valence-electron chi connectivity index (χ1n) is 7.44. The van der Waals surface area contributed by atoms with Crippen molar-refractivity contribution in [2.24, 2.45) is 0 Å². The van der Waals surface area contributed by atoms with Gasteiger partial charge in [-0.2, -0.15) is 0 Å². The zero-order valence-electron chi connectivity index (χ0n) is 12.7. The lowest BCUT2D eigenvalue weighted by molar-refractivity contribution is 0.274. The van der Waals surface area contributed by atoms with E-state index < -0.39 is 0 Å². The summed E-state index contributed by atoms with van der Waals surface area (Å²) in [4.78, 5) is 0. The van der Waals surface area contributed by atoms with Crippen LogP contribution in [0.5, 0.6) is 0 Å². The van der Waals surface area contributed by atoms with E-state index in [1.807, 2.05) is 0 Å². The summed E-state index contributed by atoms with van der Waals surface area (Å²) in [5, 5.41) is 3.47. The molecule has 2 aromatic rings. The van der Waals surface area contributed by atoms with Crippen LogP contribution in [0.15, 0.2) is 42.5 Å². The third-order valence-corrected chi connectivity index (χ3v) is 4.67. The molecule has 1 heterocycles. The van der Waals surface area contributed by atoms with Crippen LogP contribution in [0.3, 0.4) is 0 Å². The molecular formula is C19H23N. The molecule has 1 saturated heterocycles. The fourth-order valence-electron chi connectivity index (χ4n) is 3.48. The largest absolute Gasteiger partial charge is 0.315 e. The fraction of sp³-hybridized carbons (Fsp3) is 0.368. The normalized spacial score (nSPS) is 16.8. The number of hydrogen-bond acceptors (Lipinski definition) is 1. The Bertz CT molecular complexity index is 586. The minimum Gasteiger partial charge on any atom is -0.315 e. The Labute approximate surface area is 122 Å². The summed E-state index contributed by atoms with van der Waals surface area (Å²) in [5.74, 6) is 0. The Hall–Kier alpha value is -1.60. The van der Waals surface area contributed by atoms with E-state index in [0.29, 0.717) is 0 Å². The maximum absolute atomic E-state index is 3.47. The zero-order valence-corrected chi connectivity index (χ0v) is 12.7. The summed E-state index contributed by atoms with van der Waals surface area (Å²) in [5.41, 5.74) is 7.52. The highest BCUT2D eigenvalue weighted by Gasteiger charge is 2.39. The molecule has 2 aromatic carbocycles. The molecule has 1 aliphatic rings. The third kappa shape index (κ3) is 2.27. The van der Waals surface area contributed by atoms with Gasteiger partial charge in [-0.1, -0.05) is 48.0 Å². The SMILES string of the molecule is Cc1cc(C)c(CC2(c3ccccc3)CNC2)c(C)c1. The third-order valence-electron chi connectivity index (χ3n) is 4.67. The molecule has 1 N–H and O–H groups in total. The van der Waals surface area contributed by atoms with Crippen LogP contribution in [-0.2, 0) is 11.8 Å². The topological polar surface area (TPSA) is 12.0 Å². The smallest absolute Gasteiger partial charge is 0.0243 e. The maximum atomic E-state index is 3.47. The molecule has 104 valence electrons. The van der Waals surface area contributed by atoms with E-state index in [-0.39, 0.29) is 5.41 Å². The molecule has 0 radical (unpaired) electrons. The quantitative estimate of drug-likeness (QED) is 0.892. The van der Waals surface area contributed by atoms with Crippen molar-refractivity contribution in [3.8, 4) is 0 Å². The minimum absolute atomic E-state index is 0.284. The second kappa shape index (κ2) is 5.06. The predicted octanol–water partition coefficient (Wildman–Crippen LogP) is 3.70. The summed E-state index contributed by atoms with van der Waals surface area (Å²) in [6.07, 6.45) is 1.14. The van der Waals surface area contributed by atoms with Crippen molar-refractivity contribution >= 4 is 0 Å². The van der Waals surface area contributed by atoms with Crippen molar-refractivity contribution < 1.29 is 0 Å². The van der Waals surface area contributed by atoms with E-state index in [0.717, 1.165) is 19.5 Å². The fourth-order valence-corrected chi connectivity index (χ4v) is 3.48. The molecule has 1 aliphatic heterocycles. The molecule has 3 rings (SSSR count). The molecule has 0 spiro atoms. The molecule has 0 aliphatic carbocycles. The monoisotopic (exact) mass is 265 g/mol. The van der Waals surface area contributed by atoms with Gasteiger partial charge in [0.05, 0.1) is 0 Å². The van der Waals surface area contributed by atoms with Crippen LogP contribution >= 0.6 is 0 Å². The van der Waals surface area contributed by atoms with Crippen molar-refractivity contribution in [3.63, 3.8) is 0 Å². The van der Waals surface area contributed by atoms with Crippen molar-refractivity contribution in [1.82, 2.24) is 5.32 Å². The van der Waals surface area contributed by atoms with Crippen molar-refractivity contribution in [2.45, 2.75) is 32.6 Å². The first-order valence-corrected chi connectivity index (χ1v) is 7.44. The number of benzene rings is 2. The average molecular weight is 265 g/mol. The van der Waals surface area contributed by atoms with Gasteiger partial charge in [0.15, 0.2) is 0 Å². The standard InChI is InChI=1S/C19H23N/c1-14-9-15(2)18(16(3)10-14)11-19(12-20-13-19)17-7-5-4-6-8-17/h4-10,20H,11-13H2,1-3H3. The van der Waals surface area contributed by atoms with E-state index in [4.69, 9.17) is 0 Å². The van der Waals surface area contributed by atoms with E-state index in [1.54, 1.807) is 0 Å². The Morgan fingerprint density at radius 2 is 1.55 bits per heavy atom. The van der Waals surface area contributed by atoms with Gasteiger partial charge in [-0.3, -0.25) is 0 Å². The lowest BCUT2D eigenvalue weighted by Gasteiger charge is -2.44. The van der Waals surface area contributed by atoms with Gasteiger partial charge in [0.1, 0.15) is 0 Å². The number of aryl methyl sites for hydroxylation is 3. The van der Waals surface area contributed by atoms with Crippen molar-refractivity contribution in [1.29, 1.82) is 0 Å². The predicted molar refractivity (Wildman–Crippen MR) is 85.3 cm³/mol. The lowest BCUT2D eigenvalue weighted by Crippen LogP contribution is -2.58. The lowest BCUT2D eigenvalue weighted by atomic mass is 9.70. The first-order chi connectivity index (χ1) is 9.61. The Morgan fingerprint density at radius 3 is 2.05 bits per heavy atom. The van der Waals surface area contributed by atoms with Gasteiger partial charge in [-0.15, -0.1) is 0 Å². The summed E-state index contributed by atoms with van der Waals surface area (Å²) in [7, 11) is 0. The molecule has 1 heteroatoms. The number of rotatable bonds is 3. The van der Waals surface area contributed by atoms with Gasteiger partial charge >= 0.3 is 0 Å². The first kappa shape index (κ1) is 13.4. The molecule has 0 aromatic heterocycles. The van der Waals surface area contributed by atoms with Crippen LogP contribution in [0.2, 0.25) is 0 Å². The van der Waals surface area contributed by atoms with E-state index in [9.17, 15) is 0 Å². The molecule has 0 saturated carbocycles. The highest BCUT2D eigenvalue weighted by Crippen LogP contribution is 2.34. The van der Waals surface area contributed by atoms with E-state index in [2.05, 4.69) is 68.6 Å². The van der Waals surface area contributed by atoms with Gasteiger partial charge in [-0.05, 0) is 49.4 Å². The molecule has 1 fully saturated rings. The van der Waals surface area contributed by atoms with Crippen molar-refractivity contribution in [2.75, 3.05) is 13.1 Å². The van der Waals surface area contributed by atoms with Gasteiger partial charge in [-0.25, -0.2) is 0 Å². The summed E-state index contributed by atoms with van der Waals surface area (Å²) < 4.78 is 0. The molecule has 1 nitrogen and oxygen atoms in total. The van der Waals surface area contributed by atoms with Gasteiger partial charge < -0.3 is 5.32 Å². The highest BCUT2D eigenvalue weighted by molar-refractivity contribution is 5.42. The van der Waals surface area contributed by atoms with E-state index >= 15 is 0 Å². The average Bonchev–Trinajstić information content (AvgIpc) is 2.37. The summed E-state index contributed by atoms with van der Waals surface area (Å²) in [6, 6.07) is 15.6. The van der Waals surface area contributed by atoms with Crippen LogP contribution in [0.25, 0.3) is 0 Å².